The molecule has 2 aromatic rings. The van der Waals surface area contributed by atoms with Crippen molar-refractivity contribution in [3.8, 4) is 0 Å². The molecule has 0 bridgehead atoms. The van der Waals surface area contributed by atoms with Crippen LogP contribution in [0.1, 0.15) is 9.67 Å². The van der Waals surface area contributed by atoms with Gasteiger partial charge in [-0.3, -0.25) is 4.79 Å². The molecule has 1 heterocycles. The molecular formula is C11H12N2OS. The quantitative estimate of drug-likeness (QED) is 0.825. The summed E-state index contributed by atoms with van der Waals surface area (Å²) in [5.74, 6) is -0.0401. The van der Waals surface area contributed by atoms with E-state index in [1.807, 2.05) is 30.3 Å². The van der Waals surface area contributed by atoms with E-state index in [4.69, 9.17) is 5.73 Å². The largest absolute Gasteiger partial charge is 0.350 e. The lowest BCUT2D eigenvalue weighted by molar-refractivity contribution is 0.0959. The fourth-order valence-corrected chi connectivity index (χ4v) is 2.35. The van der Waals surface area contributed by atoms with Gasteiger partial charge >= 0.3 is 0 Å². The highest BCUT2D eigenvalue weighted by molar-refractivity contribution is 7.20. The Hall–Kier alpha value is -1.39. The van der Waals surface area contributed by atoms with Gasteiger partial charge in [0.05, 0.1) is 4.88 Å². The van der Waals surface area contributed by atoms with Crippen molar-refractivity contribution < 1.29 is 4.79 Å². The van der Waals surface area contributed by atoms with E-state index in [-0.39, 0.29) is 5.91 Å². The molecule has 0 aliphatic rings. The van der Waals surface area contributed by atoms with Gasteiger partial charge in [0.15, 0.2) is 0 Å². The number of amides is 1. The summed E-state index contributed by atoms with van der Waals surface area (Å²) in [6.45, 7) is 0.990. The lowest BCUT2D eigenvalue weighted by atomic mass is 10.2. The zero-order chi connectivity index (χ0) is 10.7. The van der Waals surface area contributed by atoms with E-state index in [2.05, 4.69) is 5.32 Å². The van der Waals surface area contributed by atoms with Crippen LogP contribution in [-0.2, 0) is 0 Å². The van der Waals surface area contributed by atoms with Gasteiger partial charge in [0.1, 0.15) is 0 Å². The summed E-state index contributed by atoms with van der Waals surface area (Å²) in [4.78, 5) is 12.4. The number of benzene rings is 1. The zero-order valence-corrected chi connectivity index (χ0v) is 9.01. The standard InChI is InChI=1S/C11H12N2OS/c12-5-6-13-11(14)10-7-8-3-1-2-4-9(8)15-10/h1-4,7H,5-6,12H2,(H,13,14). The molecule has 3 N–H and O–H groups in total. The summed E-state index contributed by atoms with van der Waals surface area (Å²) in [5, 5.41) is 3.87. The molecule has 0 unspecified atom stereocenters. The number of carbonyl (C=O) groups excluding carboxylic acids is 1. The Morgan fingerprint density at radius 3 is 2.93 bits per heavy atom. The molecule has 15 heavy (non-hydrogen) atoms. The maximum Gasteiger partial charge on any atom is 0.261 e. The zero-order valence-electron chi connectivity index (χ0n) is 8.19. The summed E-state index contributed by atoms with van der Waals surface area (Å²) in [7, 11) is 0. The number of thiophene rings is 1. The van der Waals surface area contributed by atoms with E-state index in [0.717, 1.165) is 15.0 Å². The smallest absolute Gasteiger partial charge is 0.261 e. The van der Waals surface area contributed by atoms with E-state index >= 15 is 0 Å². The third-order valence-corrected chi connectivity index (χ3v) is 3.19. The van der Waals surface area contributed by atoms with Crippen LogP contribution in [0.15, 0.2) is 30.3 Å². The molecule has 0 atom stereocenters. The average Bonchev–Trinajstić information content (AvgIpc) is 2.69. The lowest BCUT2D eigenvalue weighted by Gasteiger charge is -1.98. The Kier molecular flexibility index (Phi) is 2.99. The highest BCUT2D eigenvalue weighted by Crippen LogP contribution is 2.24. The van der Waals surface area contributed by atoms with E-state index in [0.29, 0.717) is 13.1 Å². The first-order chi connectivity index (χ1) is 7.31. The maximum atomic E-state index is 11.6. The Balaban J connectivity index is 2.25. The second-order valence-corrected chi connectivity index (χ2v) is 4.28. The van der Waals surface area contributed by atoms with E-state index in [9.17, 15) is 4.79 Å². The summed E-state index contributed by atoms with van der Waals surface area (Å²) in [6.07, 6.45) is 0. The van der Waals surface area contributed by atoms with Crippen LogP contribution in [0.3, 0.4) is 0 Å². The van der Waals surface area contributed by atoms with Crippen LogP contribution in [-0.4, -0.2) is 19.0 Å². The molecule has 0 aliphatic carbocycles. The van der Waals surface area contributed by atoms with Crippen LogP contribution < -0.4 is 11.1 Å². The van der Waals surface area contributed by atoms with Gasteiger partial charge in [0.25, 0.3) is 5.91 Å². The third-order valence-electron chi connectivity index (χ3n) is 2.08. The molecule has 78 valence electrons. The van der Waals surface area contributed by atoms with Crippen LogP contribution in [0.2, 0.25) is 0 Å². The second-order valence-electron chi connectivity index (χ2n) is 3.19. The second kappa shape index (κ2) is 4.42. The van der Waals surface area contributed by atoms with Crippen molar-refractivity contribution in [2.45, 2.75) is 0 Å². The van der Waals surface area contributed by atoms with E-state index in [1.165, 1.54) is 11.3 Å². The number of hydrogen-bond donors (Lipinski definition) is 2. The Labute approximate surface area is 91.9 Å². The van der Waals surface area contributed by atoms with E-state index < -0.39 is 0 Å². The number of fused-ring (bicyclic) bond motifs is 1. The SMILES string of the molecule is NCCNC(=O)c1cc2ccccc2s1. The van der Waals surface area contributed by atoms with Crippen LogP contribution in [0.25, 0.3) is 10.1 Å². The summed E-state index contributed by atoms with van der Waals surface area (Å²) in [6, 6.07) is 9.87. The van der Waals surface area contributed by atoms with Gasteiger partial charge < -0.3 is 11.1 Å². The third kappa shape index (κ3) is 2.16. The molecule has 0 fully saturated rings. The molecule has 0 spiro atoms. The topological polar surface area (TPSA) is 55.1 Å². The fourth-order valence-electron chi connectivity index (χ4n) is 1.37. The van der Waals surface area contributed by atoms with Gasteiger partial charge in [-0.2, -0.15) is 0 Å². The Morgan fingerprint density at radius 2 is 2.20 bits per heavy atom. The van der Waals surface area contributed by atoms with Crippen molar-refractivity contribution in [2.75, 3.05) is 13.1 Å². The minimum absolute atomic E-state index is 0.0401. The Morgan fingerprint density at radius 1 is 1.40 bits per heavy atom. The number of rotatable bonds is 3. The molecule has 3 nitrogen and oxygen atoms in total. The molecule has 0 radical (unpaired) electrons. The number of hydrogen-bond acceptors (Lipinski definition) is 3. The van der Waals surface area contributed by atoms with Crippen LogP contribution in [0.5, 0.6) is 0 Å². The Bertz CT molecular complexity index is 445. The number of carbonyl (C=O) groups is 1. The number of nitrogens with one attached hydrogen (secondary N) is 1. The molecular weight excluding hydrogens is 208 g/mol. The minimum Gasteiger partial charge on any atom is -0.350 e. The molecule has 2 rings (SSSR count). The first-order valence-electron chi connectivity index (χ1n) is 4.78. The predicted octanol–water partition coefficient (Wildman–Crippen LogP) is 1.59. The van der Waals surface area contributed by atoms with Gasteiger partial charge in [-0.05, 0) is 17.5 Å². The molecule has 1 aromatic heterocycles. The van der Waals surface area contributed by atoms with Crippen molar-refractivity contribution in [3.05, 3.63) is 35.2 Å². The van der Waals surface area contributed by atoms with Gasteiger partial charge in [0.2, 0.25) is 0 Å². The summed E-state index contributed by atoms with van der Waals surface area (Å²) < 4.78 is 1.13. The van der Waals surface area contributed by atoms with Gasteiger partial charge in [-0.25, -0.2) is 0 Å². The number of nitrogens with two attached hydrogens (primary N) is 1. The van der Waals surface area contributed by atoms with Gasteiger partial charge in [-0.15, -0.1) is 11.3 Å². The van der Waals surface area contributed by atoms with Crippen LogP contribution in [0, 0.1) is 0 Å². The molecule has 0 saturated carbocycles. The van der Waals surface area contributed by atoms with Crippen molar-refractivity contribution in [1.82, 2.24) is 5.32 Å². The van der Waals surface area contributed by atoms with Gasteiger partial charge in [0, 0.05) is 17.8 Å². The van der Waals surface area contributed by atoms with Crippen molar-refractivity contribution in [1.29, 1.82) is 0 Å². The monoisotopic (exact) mass is 220 g/mol. The summed E-state index contributed by atoms with van der Waals surface area (Å²) in [5.41, 5.74) is 5.32. The summed E-state index contributed by atoms with van der Waals surface area (Å²) >= 11 is 1.50. The molecule has 1 amide bonds. The predicted molar refractivity (Wildman–Crippen MR) is 63.2 cm³/mol. The molecule has 4 heteroatoms. The normalized spacial score (nSPS) is 10.5. The van der Waals surface area contributed by atoms with Crippen molar-refractivity contribution in [2.24, 2.45) is 5.73 Å². The lowest BCUT2D eigenvalue weighted by Crippen LogP contribution is -2.28. The van der Waals surface area contributed by atoms with Crippen molar-refractivity contribution in [3.63, 3.8) is 0 Å². The first kappa shape index (κ1) is 10.1. The van der Waals surface area contributed by atoms with Crippen molar-refractivity contribution >= 4 is 27.3 Å². The van der Waals surface area contributed by atoms with Gasteiger partial charge in [-0.1, -0.05) is 18.2 Å². The molecule has 0 saturated heterocycles. The minimum atomic E-state index is -0.0401. The molecule has 0 aliphatic heterocycles. The molecule has 1 aromatic carbocycles. The fraction of sp³-hybridized carbons (Fsp3) is 0.182. The first-order valence-corrected chi connectivity index (χ1v) is 5.60. The highest BCUT2D eigenvalue weighted by atomic mass is 32.1. The van der Waals surface area contributed by atoms with E-state index in [1.54, 1.807) is 0 Å². The van der Waals surface area contributed by atoms with Crippen LogP contribution >= 0.6 is 11.3 Å². The maximum absolute atomic E-state index is 11.6. The average molecular weight is 220 g/mol. The highest BCUT2D eigenvalue weighted by Gasteiger charge is 2.08. The van der Waals surface area contributed by atoms with Crippen LogP contribution in [0.4, 0.5) is 0 Å².